The Bertz CT molecular complexity index is 434. The first-order valence-electron chi connectivity index (χ1n) is 6.22. The van der Waals surface area contributed by atoms with Crippen molar-refractivity contribution in [3.8, 4) is 0 Å². The fourth-order valence-corrected chi connectivity index (χ4v) is 1.90. The van der Waals surface area contributed by atoms with E-state index in [1.54, 1.807) is 0 Å². The maximum atomic E-state index is 12.8. The Kier molecular flexibility index (Phi) is 5.82. The molecule has 1 aromatic rings. The quantitative estimate of drug-likeness (QED) is 0.326. The summed E-state index contributed by atoms with van der Waals surface area (Å²) in [7, 11) is 0. The summed E-state index contributed by atoms with van der Waals surface area (Å²) in [4.78, 5) is 0. The largest absolute Gasteiger partial charge is 0.409 e. The number of nitrogens with one attached hydrogen (secondary N) is 1. The molecule has 7 heteroatoms. The van der Waals surface area contributed by atoms with Crippen LogP contribution in [-0.2, 0) is 0 Å². The van der Waals surface area contributed by atoms with Crippen molar-refractivity contribution >= 4 is 5.84 Å². The molecule has 0 fully saturated rings. The first-order chi connectivity index (χ1) is 9.40. The zero-order valence-corrected chi connectivity index (χ0v) is 11.1. The Morgan fingerprint density at radius 2 is 1.95 bits per heavy atom. The lowest BCUT2D eigenvalue weighted by Crippen LogP contribution is -2.43. The van der Waals surface area contributed by atoms with Crippen LogP contribution in [0.1, 0.15) is 24.9 Å². The number of amidine groups is 1. The van der Waals surface area contributed by atoms with Gasteiger partial charge in [0.05, 0.1) is 0 Å². The monoisotopic (exact) mass is 289 g/mol. The molecule has 0 aliphatic carbocycles. The van der Waals surface area contributed by atoms with Gasteiger partial charge in [-0.2, -0.15) is 13.2 Å². The molecule has 4 N–H and O–H groups in total. The SMILES string of the molecule is CCC(NCC(/C(N)=N/O)C(F)(F)F)c1ccccc1. The molecular weight excluding hydrogens is 271 g/mol. The molecule has 2 unspecified atom stereocenters. The highest BCUT2D eigenvalue weighted by molar-refractivity contribution is 5.83. The number of nitrogens with two attached hydrogens (primary N) is 1. The van der Waals surface area contributed by atoms with E-state index in [1.165, 1.54) is 0 Å². The molecule has 20 heavy (non-hydrogen) atoms. The second-order valence-corrected chi connectivity index (χ2v) is 4.40. The van der Waals surface area contributed by atoms with E-state index >= 15 is 0 Å². The lowest BCUT2D eigenvalue weighted by molar-refractivity contribution is -0.155. The second kappa shape index (κ2) is 7.14. The highest BCUT2D eigenvalue weighted by Gasteiger charge is 2.42. The zero-order valence-electron chi connectivity index (χ0n) is 11.1. The summed E-state index contributed by atoms with van der Waals surface area (Å²) in [6, 6.07) is 8.95. The Labute approximate surface area is 115 Å². The van der Waals surface area contributed by atoms with E-state index < -0.39 is 24.5 Å². The molecule has 2 atom stereocenters. The molecule has 4 nitrogen and oxygen atoms in total. The predicted molar refractivity (Wildman–Crippen MR) is 70.4 cm³/mol. The normalized spacial score (nSPS) is 15.9. The number of halogens is 3. The van der Waals surface area contributed by atoms with Crippen molar-refractivity contribution in [3.63, 3.8) is 0 Å². The molecule has 0 aromatic heterocycles. The van der Waals surface area contributed by atoms with Gasteiger partial charge in [-0.05, 0) is 12.0 Å². The van der Waals surface area contributed by atoms with Crippen molar-refractivity contribution in [1.29, 1.82) is 0 Å². The average molecular weight is 289 g/mol. The molecule has 112 valence electrons. The molecule has 0 radical (unpaired) electrons. The van der Waals surface area contributed by atoms with Crippen LogP contribution < -0.4 is 11.1 Å². The molecule has 0 saturated heterocycles. The van der Waals surface area contributed by atoms with Crippen molar-refractivity contribution in [3.05, 3.63) is 35.9 Å². The van der Waals surface area contributed by atoms with Crippen LogP contribution >= 0.6 is 0 Å². The van der Waals surface area contributed by atoms with Crippen molar-refractivity contribution in [2.45, 2.75) is 25.6 Å². The summed E-state index contributed by atoms with van der Waals surface area (Å²) in [6.45, 7) is 1.43. The van der Waals surface area contributed by atoms with Gasteiger partial charge in [0.1, 0.15) is 5.92 Å². The van der Waals surface area contributed by atoms with E-state index in [0.29, 0.717) is 6.42 Å². The van der Waals surface area contributed by atoms with Gasteiger partial charge in [-0.1, -0.05) is 42.4 Å². The first kappa shape index (κ1) is 16.3. The molecule has 0 amide bonds. The van der Waals surface area contributed by atoms with Crippen LogP contribution in [0.3, 0.4) is 0 Å². The number of alkyl halides is 3. The van der Waals surface area contributed by atoms with E-state index in [1.807, 2.05) is 37.3 Å². The van der Waals surface area contributed by atoms with E-state index in [2.05, 4.69) is 10.5 Å². The molecule has 0 aliphatic rings. The third-order valence-corrected chi connectivity index (χ3v) is 3.05. The van der Waals surface area contributed by atoms with Crippen LogP contribution in [0.2, 0.25) is 0 Å². The van der Waals surface area contributed by atoms with Gasteiger partial charge in [-0.3, -0.25) is 0 Å². The van der Waals surface area contributed by atoms with Gasteiger partial charge in [-0.15, -0.1) is 0 Å². The zero-order chi connectivity index (χ0) is 15.2. The maximum Gasteiger partial charge on any atom is 0.400 e. The van der Waals surface area contributed by atoms with Gasteiger partial charge in [0.2, 0.25) is 0 Å². The van der Waals surface area contributed by atoms with Crippen LogP contribution in [0.15, 0.2) is 35.5 Å². The van der Waals surface area contributed by atoms with E-state index in [0.717, 1.165) is 5.56 Å². The van der Waals surface area contributed by atoms with Crippen molar-refractivity contribution < 1.29 is 18.4 Å². The number of benzene rings is 1. The molecule has 1 rings (SSSR count). The van der Waals surface area contributed by atoms with Gasteiger partial charge >= 0.3 is 6.18 Å². The van der Waals surface area contributed by atoms with Gasteiger partial charge < -0.3 is 16.3 Å². The highest BCUT2D eigenvalue weighted by Crippen LogP contribution is 2.27. The minimum absolute atomic E-state index is 0.215. The lowest BCUT2D eigenvalue weighted by Gasteiger charge is -2.23. The summed E-state index contributed by atoms with van der Waals surface area (Å²) in [5.41, 5.74) is 6.01. The molecular formula is C13H18F3N3O. The fourth-order valence-electron chi connectivity index (χ4n) is 1.90. The summed E-state index contributed by atoms with van der Waals surface area (Å²) < 4.78 is 38.4. The molecule has 1 aromatic carbocycles. The van der Waals surface area contributed by atoms with Crippen molar-refractivity contribution in [2.75, 3.05) is 6.54 Å². The number of rotatable bonds is 6. The molecule has 0 aliphatic heterocycles. The topological polar surface area (TPSA) is 70.6 Å². The lowest BCUT2D eigenvalue weighted by atomic mass is 10.0. The highest BCUT2D eigenvalue weighted by atomic mass is 19.4. The Balaban J connectivity index is 2.76. The van der Waals surface area contributed by atoms with E-state index in [4.69, 9.17) is 10.9 Å². The van der Waals surface area contributed by atoms with E-state index in [9.17, 15) is 13.2 Å². The minimum atomic E-state index is -4.56. The van der Waals surface area contributed by atoms with Gasteiger partial charge in [0.25, 0.3) is 0 Å². The molecule has 0 heterocycles. The van der Waals surface area contributed by atoms with Crippen LogP contribution in [0.25, 0.3) is 0 Å². The van der Waals surface area contributed by atoms with Gasteiger partial charge in [-0.25, -0.2) is 0 Å². The third-order valence-electron chi connectivity index (χ3n) is 3.05. The summed E-state index contributed by atoms with van der Waals surface area (Å²) in [5.74, 6) is -2.85. The summed E-state index contributed by atoms with van der Waals surface area (Å²) >= 11 is 0. The Hall–Kier alpha value is -1.76. The maximum absolute atomic E-state index is 12.8. The minimum Gasteiger partial charge on any atom is -0.409 e. The van der Waals surface area contributed by atoms with Crippen molar-refractivity contribution in [2.24, 2.45) is 16.8 Å². The van der Waals surface area contributed by atoms with Crippen LogP contribution in [0, 0.1) is 5.92 Å². The standard InChI is InChI=1S/C13H18F3N3O/c1-2-11(9-6-4-3-5-7-9)18-8-10(12(17)19-20)13(14,15)16/h3-7,10-11,18,20H,2,8H2,1H3,(H2,17,19). The fraction of sp³-hybridized carbons (Fsp3) is 0.462. The summed E-state index contributed by atoms with van der Waals surface area (Å²) in [5, 5.41) is 13.7. The molecule has 0 spiro atoms. The van der Waals surface area contributed by atoms with Gasteiger partial charge in [0, 0.05) is 12.6 Å². The van der Waals surface area contributed by atoms with Crippen molar-refractivity contribution in [1.82, 2.24) is 5.32 Å². The van der Waals surface area contributed by atoms with E-state index in [-0.39, 0.29) is 6.04 Å². The van der Waals surface area contributed by atoms with Crippen LogP contribution in [0.4, 0.5) is 13.2 Å². The Morgan fingerprint density at radius 3 is 2.40 bits per heavy atom. The smallest absolute Gasteiger partial charge is 0.400 e. The molecule has 0 saturated carbocycles. The van der Waals surface area contributed by atoms with Crippen LogP contribution in [-0.4, -0.2) is 23.8 Å². The number of hydrogen-bond donors (Lipinski definition) is 3. The number of nitrogens with zero attached hydrogens (tertiary/aromatic N) is 1. The van der Waals surface area contributed by atoms with Gasteiger partial charge in [0.15, 0.2) is 5.84 Å². The molecule has 0 bridgehead atoms. The van der Waals surface area contributed by atoms with Crippen LogP contribution in [0.5, 0.6) is 0 Å². The predicted octanol–water partition coefficient (Wildman–Crippen LogP) is 2.65. The second-order valence-electron chi connectivity index (χ2n) is 4.40. The average Bonchev–Trinajstić information content (AvgIpc) is 2.42. The summed E-state index contributed by atoms with van der Waals surface area (Å²) in [6.07, 6.45) is -3.93. The first-order valence-corrected chi connectivity index (χ1v) is 6.22. The third kappa shape index (κ3) is 4.41. The number of oxime groups is 1. The number of hydrogen-bond acceptors (Lipinski definition) is 3. The Morgan fingerprint density at radius 1 is 1.35 bits per heavy atom.